The first-order valence-electron chi connectivity index (χ1n) is 9.69. The molecular weight excluding hydrogens is 397 g/mol. The highest BCUT2D eigenvalue weighted by atomic mass is 19.1. The van der Waals surface area contributed by atoms with Crippen LogP contribution in [0.3, 0.4) is 0 Å². The number of carbonyl (C=O) groups is 2. The minimum Gasteiger partial charge on any atom is -0.492 e. The van der Waals surface area contributed by atoms with Gasteiger partial charge < -0.3 is 24.4 Å². The van der Waals surface area contributed by atoms with Gasteiger partial charge in [0.1, 0.15) is 11.3 Å². The Balaban J connectivity index is 1.84. The number of aromatic carboxylic acids is 1. The van der Waals surface area contributed by atoms with Gasteiger partial charge in [0, 0.05) is 38.4 Å². The van der Waals surface area contributed by atoms with E-state index in [0.29, 0.717) is 31.7 Å². The summed E-state index contributed by atoms with van der Waals surface area (Å²) >= 11 is 0. The topological polar surface area (TPSA) is 112 Å². The van der Waals surface area contributed by atoms with Gasteiger partial charge in [-0.05, 0) is 18.9 Å². The van der Waals surface area contributed by atoms with Gasteiger partial charge in [0.05, 0.1) is 24.6 Å². The highest BCUT2D eigenvalue weighted by molar-refractivity contribution is 5.97. The Morgan fingerprint density at radius 2 is 1.87 bits per heavy atom. The van der Waals surface area contributed by atoms with Crippen molar-refractivity contribution < 1.29 is 28.9 Å². The van der Waals surface area contributed by atoms with Gasteiger partial charge in [-0.25, -0.2) is 9.18 Å². The molecule has 0 unspecified atom stereocenters. The number of aliphatic carboxylic acids is 1. The summed E-state index contributed by atoms with van der Waals surface area (Å²) in [6.45, 7) is 1.60. The number of fused-ring (bicyclic) bond motifs is 1. The molecule has 2 heterocycles. The van der Waals surface area contributed by atoms with Crippen LogP contribution in [-0.2, 0) is 4.79 Å². The molecule has 2 aromatic rings. The average molecular weight is 419 g/mol. The van der Waals surface area contributed by atoms with Crippen LogP contribution in [0.4, 0.5) is 10.1 Å². The van der Waals surface area contributed by atoms with E-state index >= 15 is 4.39 Å². The van der Waals surface area contributed by atoms with Gasteiger partial charge in [0.25, 0.3) is 0 Å². The minimum atomic E-state index is -1.35. The lowest BCUT2D eigenvalue weighted by atomic mass is 10.1. The smallest absolute Gasteiger partial charge is 0.341 e. The number of anilines is 1. The summed E-state index contributed by atoms with van der Waals surface area (Å²) in [5, 5.41) is 18.3. The van der Waals surface area contributed by atoms with Gasteiger partial charge in [-0.15, -0.1) is 0 Å². The standard InChI is InChI=1S/C20H22FN3O6/c1-30-19-16-12(18(27)13(20(28)29)9-24(16)11-2-3-11)8-14(21)17(19)23-6-4-22(5-7-23)10-15(25)26/h8-9,11H,2-7,10H2,1H3,(H,25,26)(H,28,29). The number of carboxylic acid groups (broad SMARTS) is 2. The Kier molecular flexibility index (Phi) is 5.10. The van der Waals surface area contributed by atoms with E-state index in [2.05, 4.69) is 0 Å². The first kappa shape index (κ1) is 20.1. The zero-order valence-corrected chi connectivity index (χ0v) is 16.4. The second-order valence-electron chi connectivity index (χ2n) is 7.61. The first-order chi connectivity index (χ1) is 14.3. The van der Waals surface area contributed by atoms with Gasteiger partial charge >= 0.3 is 11.9 Å². The molecular formula is C20H22FN3O6. The molecule has 1 aromatic heterocycles. The lowest BCUT2D eigenvalue weighted by Crippen LogP contribution is -2.48. The molecule has 2 N–H and O–H groups in total. The molecule has 2 aliphatic rings. The molecule has 1 aliphatic carbocycles. The van der Waals surface area contributed by atoms with Crippen LogP contribution in [0.1, 0.15) is 29.2 Å². The second-order valence-corrected chi connectivity index (χ2v) is 7.61. The van der Waals surface area contributed by atoms with Crippen molar-refractivity contribution in [1.82, 2.24) is 9.47 Å². The first-order valence-corrected chi connectivity index (χ1v) is 9.69. The lowest BCUT2D eigenvalue weighted by molar-refractivity contribution is -0.138. The maximum atomic E-state index is 15.2. The van der Waals surface area contributed by atoms with E-state index < -0.39 is 28.7 Å². The maximum absolute atomic E-state index is 15.2. The molecule has 0 bridgehead atoms. The molecule has 1 aromatic carbocycles. The Hall–Kier alpha value is -3.14. The number of pyridine rings is 1. The Bertz CT molecular complexity index is 1090. The Morgan fingerprint density at radius 3 is 2.40 bits per heavy atom. The summed E-state index contributed by atoms with van der Waals surface area (Å²) in [6, 6.07) is 1.12. The fourth-order valence-corrected chi connectivity index (χ4v) is 4.05. The van der Waals surface area contributed by atoms with Crippen LogP contribution in [0.2, 0.25) is 0 Å². The van der Waals surface area contributed by atoms with Crippen LogP contribution in [-0.4, -0.2) is 71.5 Å². The number of nitrogens with zero attached hydrogens (tertiary/aromatic N) is 3. The highest BCUT2D eigenvalue weighted by Crippen LogP contribution is 2.43. The summed E-state index contributed by atoms with van der Waals surface area (Å²) in [5.74, 6) is -2.75. The minimum absolute atomic E-state index is 0.0237. The van der Waals surface area contributed by atoms with Crippen molar-refractivity contribution in [3.8, 4) is 5.75 Å². The third kappa shape index (κ3) is 3.47. The van der Waals surface area contributed by atoms with Crippen molar-refractivity contribution in [1.29, 1.82) is 0 Å². The molecule has 30 heavy (non-hydrogen) atoms. The summed E-state index contributed by atoms with van der Waals surface area (Å²) in [5.41, 5.74) is -0.550. The number of methoxy groups -OCH3 is 1. The molecule has 2 fully saturated rings. The average Bonchev–Trinajstić information content (AvgIpc) is 3.53. The lowest BCUT2D eigenvalue weighted by Gasteiger charge is -2.36. The largest absolute Gasteiger partial charge is 0.492 e. The molecule has 0 amide bonds. The molecule has 0 radical (unpaired) electrons. The molecule has 1 aliphatic heterocycles. The van der Waals surface area contributed by atoms with Gasteiger partial charge in [-0.2, -0.15) is 0 Å². The van der Waals surface area contributed by atoms with E-state index in [4.69, 9.17) is 9.84 Å². The van der Waals surface area contributed by atoms with E-state index in [9.17, 15) is 19.5 Å². The van der Waals surface area contributed by atoms with Gasteiger partial charge in [0.15, 0.2) is 11.6 Å². The summed E-state index contributed by atoms with van der Waals surface area (Å²) in [7, 11) is 1.39. The van der Waals surface area contributed by atoms with Crippen LogP contribution in [0, 0.1) is 5.82 Å². The van der Waals surface area contributed by atoms with Gasteiger partial charge in [0.2, 0.25) is 5.43 Å². The molecule has 0 atom stereocenters. The van der Waals surface area contributed by atoms with E-state index in [1.54, 1.807) is 14.4 Å². The van der Waals surface area contributed by atoms with Crippen LogP contribution in [0.5, 0.6) is 5.75 Å². The maximum Gasteiger partial charge on any atom is 0.341 e. The van der Waals surface area contributed by atoms with Crippen molar-refractivity contribution in [2.75, 3.05) is 44.7 Å². The van der Waals surface area contributed by atoms with E-state index in [1.165, 1.54) is 13.3 Å². The molecule has 0 spiro atoms. The third-order valence-electron chi connectivity index (χ3n) is 5.62. The van der Waals surface area contributed by atoms with Gasteiger partial charge in [-0.1, -0.05) is 0 Å². The fourth-order valence-electron chi connectivity index (χ4n) is 4.05. The number of carboxylic acids is 2. The zero-order valence-electron chi connectivity index (χ0n) is 16.4. The number of hydrogen-bond acceptors (Lipinski definition) is 6. The predicted molar refractivity (Wildman–Crippen MR) is 106 cm³/mol. The summed E-state index contributed by atoms with van der Waals surface area (Å²) < 4.78 is 22.5. The van der Waals surface area contributed by atoms with E-state index in [0.717, 1.165) is 18.9 Å². The number of ether oxygens (including phenoxy) is 1. The molecule has 1 saturated heterocycles. The number of halogens is 1. The normalized spacial score (nSPS) is 17.3. The SMILES string of the molecule is COc1c(N2CCN(CC(=O)O)CC2)c(F)cc2c(=O)c(C(=O)O)cn(C3CC3)c12. The monoisotopic (exact) mass is 419 g/mol. The van der Waals surface area contributed by atoms with Crippen molar-refractivity contribution in [2.24, 2.45) is 0 Å². The van der Waals surface area contributed by atoms with Crippen LogP contribution >= 0.6 is 0 Å². The number of aromatic nitrogens is 1. The van der Waals surface area contributed by atoms with Crippen LogP contribution in [0.25, 0.3) is 10.9 Å². The fraction of sp³-hybridized carbons (Fsp3) is 0.450. The summed E-state index contributed by atoms with van der Waals surface area (Å²) in [6.07, 6.45) is 2.99. The Morgan fingerprint density at radius 1 is 1.20 bits per heavy atom. The van der Waals surface area contributed by atoms with Crippen molar-refractivity contribution in [3.63, 3.8) is 0 Å². The highest BCUT2D eigenvalue weighted by Gasteiger charge is 2.32. The van der Waals surface area contributed by atoms with E-state index in [-0.39, 0.29) is 29.4 Å². The van der Waals surface area contributed by atoms with Crippen LogP contribution in [0.15, 0.2) is 17.1 Å². The number of rotatable bonds is 6. The Labute approximate surface area is 170 Å². The predicted octanol–water partition coefficient (Wildman–Crippen LogP) is 1.39. The van der Waals surface area contributed by atoms with Crippen LogP contribution < -0.4 is 15.1 Å². The van der Waals surface area contributed by atoms with Gasteiger partial charge in [-0.3, -0.25) is 14.5 Å². The van der Waals surface area contributed by atoms with Crippen molar-refractivity contribution >= 4 is 28.5 Å². The van der Waals surface area contributed by atoms with E-state index in [1.807, 2.05) is 0 Å². The molecule has 160 valence electrons. The number of hydrogen-bond donors (Lipinski definition) is 2. The molecule has 10 heteroatoms. The quantitative estimate of drug-likeness (QED) is 0.723. The summed E-state index contributed by atoms with van der Waals surface area (Å²) in [4.78, 5) is 38.7. The second kappa shape index (κ2) is 7.60. The third-order valence-corrected chi connectivity index (χ3v) is 5.62. The zero-order chi connectivity index (χ0) is 21.6. The molecule has 9 nitrogen and oxygen atoms in total. The van der Waals surface area contributed by atoms with Crippen molar-refractivity contribution in [3.05, 3.63) is 33.9 Å². The molecule has 4 rings (SSSR count). The molecule has 1 saturated carbocycles. The van der Waals surface area contributed by atoms with Crippen molar-refractivity contribution in [2.45, 2.75) is 18.9 Å². The number of benzene rings is 1. The number of piperazine rings is 1.